The summed E-state index contributed by atoms with van der Waals surface area (Å²) in [5.41, 5.74) is -0.149. The van der Waals surface area contributed by atoms with E-state index in [0.29, 0.717) is 13.1 Å². The van der Waals surface area contributed by atoms with Crippen LogP contribution in [0.25, 0.3) is 0 Å². The van der Waals surface area contributed by atoms with Crippen molar-refractivity contribution in [1.82, 2.24) is 5.32 Å². The fourth-order valence-corrected chi connectivity index (χ4v) is 2.97. The first kappa shape index (κ1) is 15.9. The number of ether oxygens (including phenoxy) is 1. The molecule has 0 saturated heterocycles. The van der Waals surface area contributed by atoms with Gasteiger partial charge < -0.3 is 20.3 Å². The Morgan fingerprint density at radius 2 is 2.06 bits per heavy atom. The first-order valence-electron chi connectivity index (χ1n) is 5.45. The number of benzene rings is 1. The van der Waals surface area contributed by atoms with E-state index >= 15 is 0 Å². The molecule has 1 unspecified atom stereocenters. The monoisotopic (exact) mass is 381 g/mol. The number of aliphatic hydroxyl groups is 2. The smallest absolute Gasteiger partial charge is 0.137 e. The lowest BCUT2D eigenvalue weighted by molar-refractivity contribution is 0.00250. The van der Waals surface area contributed by atoms with Crippen molar-refractivity contribution in [1.29, 1.82) is 0 Å². The summed E-state index contributed by atoms with van der Waals surface area (Å²) in [6, 6.07) is 3.86. The summed E-state index contributed by atoms with van der Waals surface area (Å²) in [5, 5.41) is 21.7. The van der Waals surface area contributed by atoms with Crippen molar-refractivity contribution in [2.75, 3.05) is 20.3 Å². The number of nitrogens with one attached hydrogen (secondary N) is 1. The number of hydrogen-bond donors (Lipinski definition) is 3. The second-order valence-electron chi connectivity index (χ2n) is 4.34. The SMILES string of the molecule is COc1c(Br)cc(Br)cc1CNCC(C)(O)CO. The van der Waals surface area contributed by atoms with E-state index in [1.807, 2.05) is 12.1 Å². The maximum Gasteiger partial charge on any atom is 0.137 e. The highest BCUT2D eigenvalue weighted by Gasteiger charge is 2.18. The molecule has 1 rings (SSSR count). The van der Waals surface area contributed by atoms with Gasteiger partial charge in [-0.05, 0) is 35.0 Å². The summed E-state index contributed by atoms with van der Waals surface area (Å²) in [5.74, 6) is 0.759. The second kappa shape index (κ2) is 6.86. The lowest BCUT2D eigenvalue weighted by atomic mass is 10.1. The average Bonchev–Trinajstić information content (AvgIpc) is 2.28. The van der Waals surface area contributed by atoms with Crippen LogP contribution in [0.3, 0.4) is 0 Å². The Morgan fingerprint density at radius 3 is 2.61 bits per heavy atom. The third-order valence-corrected chi connectivity index (χ3v) is 3.50. The number of aliphatic hydroxyl groups excluding tert-OH is 1. The van der Waals surface area contributed by atoms with Crippen LogP contribution < -0.4 is 10.1 Å². The van der Waals surface area contributed by atoms with Gasteiger partial charge in [-0.3, -0.25) is 0 Å². The molecule has 0 aliphatic rings. The van der Waals surface area contributed by atoms with Crippen molar-refractivity contribution in [2.24, 2.45) is 0 Å². The van der Waals surface area contributed by atoms with Gasteiger partial charge in [-0.2, -0.15) is 0 Å². The molecule has 102 valence electrons. The Morgan fingerprint density at radius 1 is 1.39 bits per heavy atom. The molecule has 0 aromatic heterocycles. The second-order valence-corrected chi connectivity index (χ2v) is 6.11. The molecule has 0 spiro atoms. The lowest BCUT2D eigenvalue weighted by Crippen LogP contribution is -2.40. The molecule has 0 radical (unpaired) electrons. The molecule has 0 heterocycles. The first-order valence-corrected chi connectivity index (χ1v) is 7.04. The minimum atomic E-state index is -1.11. The zero-order valence-electron chi connectivity index (χ0n) is 10.3. The highest BCUT2D eigenvalue weighted by Crippen LogP contribution is 2.32. The van der Waals surface area contributed by atoms with Crippen LogP contribution in [-0.4, -0.2) is 36.1 Å². The van der Waals surface area contributed by atoms with Gasteiger partial charge in [-0.15, -0.1) is 0 Å². The van der Waals surface area contributed by atoms with Crippen LogP contribution in [0.5, 0.6) is 5.75 Å². The molecular weight excluding hydrogens is 366 g/mol. The van der Waals surface area contributed by atoms with Crippen LogP contribution in [0.4, 0.5) is 0 Å². The maximum atomic E-state index is 9.67. The Hall–Kier alpha value is -0.140. The average molecular weight is 383 g/mol. The lowest BCUT2D eigenvalue weighted by Gasteiger charge is -2.21. The van der Waals surface area contributed by atoms with E-state index in [9.17, 15) is 5.11 Å². The van der Waals surface area contributed by atoms with E-state index in [1.54, 1.807) is 14.0 Å². The Labute approximate surface area is 124 Å². The Bertz CT molecular complexity index is 411. The van der Waals surface area contributed by atoms with Crippen molar-refractivity contribution < 1.29 is 14.9 Å². The van der Waals surface area contributed by atoms with Gasteiger partial charge in [0.05, 0.1) is 23.8 Å². The predicted molar refractivity (Wildman–Crippen MR) is 77.8 cm³/mol. The predicted octanol–water partition coefficient (Wildman–Crippen LogP) is 2.05. The topological polar surface area (TPSA) is 61.7 Å². The zero-order chi connectivity index (χ0) is 13.8. The molecule has 18 heavy (non-hydrogen) atoms. The van der Waals surface area contributed by atoms with E-state index < -0.39 is 5.60 Å². The van der Waals surface area contributed by atoms with Crippen LogP contribution in [-0.2, 0) is 6.54 Å². The molecule has 0 fully saturated rings. The van der Waals surface area contributed by atoms with E-state index in [-0.39, 0.29) is 6.61 Å². The van der Waals surface area contributed by atoms with Crippen LogP contribution in [0.2, 0.25) is 0 Å². The molecule has 4 nitrogen and oxygen atoms in total. The van der Waals surface area contributed by atoms with Crippen molar-refractivity contribution >= 4 is 31.9 Å². The van der Waals surface area contributed by atoms with Gasteiger partial charge in [-0.25, -0.2) is 0 Å². The minimum absolute atomic E-state index is 0.278. The van der Waals surface area contributed by atoms with Gasteiger partial charge in [-0.1, -0.05) is 15.9 Å². The van der Waals surface area contributed by atoms with Crippen molar-refractivity contribution in [2.45, 2.75) is 19.1 Å². The minimum Gasteiger partial charge on any atom is -0.495 e. The summed E-state index contributed by atoms with van der Waals surface area (Å²) in [6.45, 7) is 2.14. The summed E-state index contributed by atoms with van der Waals surface area (Å²) in [7, 11) is 1.61. The Kier molecular flexibility index (Phi) is 6.07. The fourth-order valence-electron chi connectivity index (χ4n) is 1.50. The van der Waals surface area contributed by atoms with Gasteiger partial charge >= 0.3 is 0 Å². The van der Waals surface area contributed by atoms with Crippen LogP contribution >= 0.6 is 31.9 Å². The molecule has 1 aromatic carbocycles. The van der Waals surface area contributed by atoms with Gasteiger partial charge in [0.15, 0.2) is 0 Å². The van der Waals surface area contributed by atoms with Gasteiger partial charge in [0.25, 0.3) is 0 Å². The van der Waals surface area contributed by atoms with Crippen molar-refractivity contribution in [3.63, 3.8) is 0 Å². The number of halogens is 2. The van der Waals surface area contributed by atoms with E-state index in [1.165, 1.54) is 0 Å². The zero-order valence-corrected chi connectivity index (χ0v) is 13.5. The molecule has 0 amide bonds. The largest absolute Gasteiger partial charge is 0.495 e. The third kappa shape index (κ3) is 4.51. The standard InChI is InChI=1S/C12H17Br2NO3/c1-12(17,7-16)6-15-5-8-3-9(13)4-10(14)11(8)18-2/h3-4,15-17H,5-7H2,1-2H3. The first-order chi connectivity index (χ1) is 8.39. The highest BCUT2D eigenvalue weighted by molar-refractivity contribution is 9.11. The van der Waals surface area contributed by atoms with Crippen molar-refractivity contribution in [3.05, 3.63) is 26.6 Å². The third-order valence-electron chi connectivity index (χ3n) is 2.45. The summed E-state index contributed by atoms with van der Waals surface area (Å²) in [6.07, 6.45) is 0. The molecule has 0 bridgehead atoms. The summed E-state index contributed by atoms with van der Waals surface area (Å²) >= 11 is 6.85. The molecule has 3 N–H and O–H groups in total. The molecule has 0 aliphatic carbocycles. The van der Waals surface area contributed by atoms with E-state index in [0.717, 1.165) is 20.3 Å². The molecular formula is C12H17Br2NO3. The van der Waals surface area contributed by atoms with E-state index in [2.05, 4.69) is 37.2 Å². The van der Waals surface area contributed by atoms with Gasteiger partial charge in [0.1, 0.15) is 5.75 Å². The summed E-state index contributed by atoms with van der Waals surface area (Å²) < 4.78 is 7.13. The van der Waals surface area contributed by atoms with Gasteiger partial charge in [0.2, 0.25) is 0 Å². The number of methoxy groups -OCH3 is 1. The maximum absolute atomic E-state index is 9.67. The Balaban J connectivity index is 2.73. The van der Waals surface area contributed by atoms with Crippen molar-refractivity contribution in [3.8, 4) is 5.75 Å². The summed E-state index contributed by atoms with van der Waals surface area (Å²) in [4.78, 5) is 0. The highest BCUT2D eigenvalue weighted by atomic mass is 79.9. The van der Waals surface area contributed by atoms with Crippen LogP contribution in [0.15, 0.2) is 21.1 Å². The molecule has 6 heteroatoms. The van der Waals surface area contributed by atoms with Crippen LogP contribution in [0, 0.1) is 0 Å². The fraction of sp³-hybridized carbons (Fsp3) is 0.500. The molecule has 1 aromatic rings. The van der Waals surface area contributed by atoms with E-state index in [4.69, 9.17) is 9.84 Å². The molecule has 0 saturated carbocycles. The number of hydrogen-bond acceptors (Lipinski definition) is 4. The quantitative estimate of drug-likeness (QED) is 0.704. The number of rotatable bonds is 6. The van der Waals surface area contributed by atoms with Crippen LogP contribution in [0.1, 0.15) is 12.5 Å². The van der Waals surface area contributed by atoms with Gasteiger partial charge in [0, 0.05) is 23.1 Å². The normalized spacial score (nSPS) is 14.3. The molecule has 0 aliphatic heterocycles. The molecule has 1 atom stereocenters.